The van der Waals surface area contributed by atoms with Crippen LogP contribution in [-0.4, -0.2) is 81.9 Å². The predicted molar refractivity (Wildman–Crippen MR) is 199 cm³/mol. The van der Waals surface area contributed by atoms with Gasteiger partial charge in [0.05, 0.1) is 0 Å². The molecule has 3 amide bonds. The molecule has 0 bridgehead atoms. The van der Waals surface area contributed by atoms with Crippen molar-refractivity contribution in [3.05, 3.63) is 123 Å². The summed E-state index contributed by atoms with van der Waals surface area (Å²) in [4.78, 5) is 45.7. The van der Waals surface area contributed by atoms with Crippen LogP contribution in [0.15, 0.2) is 108 Å². The highest BCUT2D eigenvalue weighted by Crippen LogP contribution is 2.22. The van der Waals surface area contributed by atoms with Gasteiger partial charge in [-0.2, -0.15) is 8.42 Å². The molecule has 1 fully saturated rings. The van der Waals surface area contributed by atoms with Crippen molar-refractivity contribution < 1.29 is 31.7 Å². The molecule has 0 radical (unpaired) electrons. The first-order chi connectivity index (χ1) is 23.9. The zero-order valence-corrected chi connectivity index (χ0v) is 31.0. The lowest BCUT2D eigenvalue weighted by atomic mass is 10.0. The second-order valence-electron chi connectivity index (χ2n) is 12.2. The van der Waals surface area contributed by atoms with Gasteiger partial charge in [-0.3, -0.25) is 9.59 Å². The van der Waals surface area contributed by atoms with Crippen LogP contribution in [0, 0.1) is 3.57 Å². The van der Waals surface area contributed by atoms with Gasteiger partial charge in [-0.25, -0.2) is 4.79 Å². The number of hydrogen-bond donors (Lipinski definition) is 1. The summed E-state index contributed by atoms with van der Waals surface area (Å²) in [5, 5.41) is 2.74. The summed E-state index contributed by atoms with van der Waals surface area (Å²) < 4.78 is 37.2. The van der Waals surface area contributed by atoms with Crippen molar-refractivity contribution in [3.8, 4) is 5.75 Å². The summed E-state index contributed by atoms with van der Waals surface area (Å²) in [6.45, 7) is 2.81. The number of anilines is 1. The third-order valence-corrected chi connectivity index (χ3v) is 10.3. The van der Waals surface area contributed by atoms with Crippen molar-refractivity contribution in [1.82, 2.24) is 15.1 Å². The van der Waals surface area contributed by atoms with Crippen LogP contribution in [0.2, 0.25) is 0 Å². The first-order valence-corrected chi connectivity index (χ1v) is 18.5. The monoisotopic (exact) mass is 810 g/mol. The molecule has 4 aromatic rings. The number of carbonyl (C=O) groups excluding carboxylic acids is 3. The SMILES string of the molecule is C[C@H]1CN(C(=O)[C@H](Cc2ccc(OS(=O)(=O)c3ccc(I)cc3)cc2)NC(=O)OCc2ccccc2)CCN1C(=O)c1ccc(N(C)C)cc1. The second kappa shape index (κ2) is 16.4. The minimum absolute atomic E-state index is 0.0298. The number of piperazine rings is 1. The first-order valence-electron chi connectivity index (χ1n) is 16.0. The summed E-state index contributed by atoms with van der Waals surface area (Å²) in [5.41, 5.74) is 3.02. The zero-order valence-electron chi connectivity index (χ0n) is 28.0. The molecule has 262 valence electrons. The molecule has 13 heteroatoms. The van der Waals surface area contributed by atoms with E-state index in [1.54, 1.807) is 46.2 Å². The lowest BCUT2D eigenvalue weighted by molar-refractivity contribution is -0.135. The molecule has 0 aromatic heterocycles. The molecule has 4 aromatic carbocycles. The number of carbonyl (C=O) groups is 3. The van der Waals surface area contributed by atoms with Crippen LogP contribution in [0.25, 0.3) is 0 Å². The van der Waals surface area contributed by atoms with Gasteiger partial charge in [-0.05, 0) is 101 Å². The van der Waals surface area contributed by atoms with Crippen molar-refractivity contribution in [1.29, 1.82) is 0 Å². The lowest BCUT2D eigenvalue weighted by Crippen LogP contribution is -2.59. The number of alkyl carbamates (subject to hydrolysis) is 1. The molecule has 50 heavy (non-hydrogen) atoms. The van der Waals surface area contributed by atoms with Crippen molar-refractivity contribution in [2.75, 3.05) is 38.6 Å². The average molecular weight is 811 g/mol. The summed E-state index contributed by atoms with van der Waals surface area (Å²) >= 11 is 2.09. The normalized spacial score (nSPS) is 15.2. The van der Waals surface area contributed by atoms with E-state index in [4.69, 9.17) is 8.92 Å². The van der Waals surface area contributed by atoms with Crippen LogP contribution in [0.4, 0.5) is 10.5 Å². The van der Waals surface area contributed by atoms with E-state index in [1.807, 2.05) is 68.4 Å². The molecule has 1 aliphatic rings. The lowest BCUT2D eigenvalue weighted by Gasteiger charge is -2.41. The smallest absolute Gasteiger partial charge is 0.408 e. The van der Waals surface area contributed by atoms with E-state index < -0.39 is 22.3 Å². The van der Waals surface area contributed by atoms with Crippen LogP contribution in [0.5, 0.6) is 5.75 Å². The van der Waals surface area contributed by atoms with Gasteiger partial charge in [0, 0.05) is 61.0 Å². The Morgan fingerprint density at radius 1 is 0.880 bits per heavy atom. The Kier molecular flexibility index (Phi) is 12.0. The van der Waals surface area contributed by atoms with Gasteiger partial charge in [-0.15, -0.1) is 0 Å². The van der Waals surface area contributed by atoms with Gasteiger partial charge in [0.25, 0.3) is 5.91 Å². The quantitative estimate of drug-likeness (QED) is 0.159. The van der Waals surface area contributed by atoms with Gasteiger partial charge in [0.15, 0.2) is 0 Å². The maximum absolute atomic E-state index is 14.0. The molecule has 0 saturated carbocycles. The molecule has 11 nitrogen and oxygen atoms in total. The van der Waals surface area contributed by atoms with Gasteiger partial charge >= 0.3 is 16.2 Å². The van der Waals surface area contributed by atoms with Crippen LogP contribution >= 0.6 is 22.6 Å². The van der Waals surface area contributed by atoms with Gasteiger partial charge in [0.1, 0.15) is 23.3 Å². The molecule has 1 heterocycles. The Bertz CT molecular complexity index is 1890. The number of amides is 3. The van der Waals surface area contributed by atoms with E-state index in [-0.39, 0.29) is 54.6 Å². The standard InChI is InChI=1S/C37H39IN4O7S/c1-26-24-41(21-22-42(26)35(43)29-11-15-31(16-12-29)40(2)3)36(44)34(39-37(45)48-25-28-7-5-4-6-8-28)23-27-9-17-32(18-10-27)49-50(46,47)33-19-13-30(38)14-20-33/h4-20,26,34H,21-25H2,1-3H3,(H,39,45)/t26-,34-/m0/s1. The van der Waals surface area contributed by atoms with E-state index >= 15 is 0 Å². The molecular formula is C37H39IN4O7S. The van der Waals surface area contributed by atoms with Crippen molar-refractivity contribution in [2.45, 2.75) is 36.9 Å². The van der Waals surface area contributed by atoms with Crippen LogP contribution in [-0.2, 0) is 32.7 Å². The average Bonchev–Trinajstić information content (AvgIpc) is 3.11. The molecule has 0 unspecified atom stereocenters. The van der Waals surface area contributed by atoms with Crippen molar-refractivity contribution in [3.63, 3.8) is 0 Å². The Hall–Kier alpha value is -4.63. The van der Waals surface area contributed by atoms with E-state index in [0.29, 0.717) is 17.7 Å². The first kappa shape index (κ1) is 36.6. The highest BCUT2D eigenvalue weighted by atomic mass is 127. The number of benzene rings is 4. The molecule has 2 atom stereocenters. The summed E-state index contributed by atoms with van der Waals surface area (Å²) in [6.07, 6.45) is -0.645. The fourth-order valence-electron chi connectivity index (χ4n) is 5.55. The molecule has 5 rings (SSSR count). The number of rotatable bonds is 11. The molecule has 1 aliphatic heterocycles. The number of halogens is 1. The predicted octanol–water partition coefficient (Wildman–Crippen LogP) is 5.34. The highest BCUT2D eigenvalue weighted by molar-refractivity contribution is 14.1. The zero-order chi connectivity index (χ0) is 35.8. The van der Waals surface area contributed by atoms with Crippen molar-refractivity contribution in [2.24, 2.45) is 0 Å². The number of nitrogens with zero attached hydrogens (tertiary/aromatic N) is 3. The van der Waals surface area contributed by atoms with Crippen LogP contribution in [0.1, 0.15) is 28.4 Å². The fourth-order valence-corrected chi connectivity index (χ4v) is 6.84. The molecule has 1 saturated heterocycles. The third kappa shape index (κ3) is 9.53. The van der Waals surface area contributed by atoms with E-state index in [0.717, 1.165) is 14.8 Å². The third-order valence-electron chi connectivity index (χ3n) is 8.31. The Labute approximate surface area is 306 Å². The van der Waals surface area contributed by atoms with Crippen LogP contribution < -0.4 is 14.4 Å². The molecule has 0 aliphatic carbocycles. The number of nitrogens with one attached hydrogen (secondary N) is 1. The number of hydrogen-bond acceptors (Lipinski definition) is 8. The minimum atomic E-state index is -4.05. The Morgan fingerprint density at radius 3 is 2.16 bits per heavy atom. The summed E-state index contributed by atoms with van der Waals surface area (Å²) in [5.74, 6) is -0.325. The Morgan fingerprint density at radius 2 is 1.54 bits per heavy atom. The van der Waals surface area contributed by atoms with Gasteiger partial charge in [0.2, 0.25) is 5.91 Å². The van der Waals surface area contributed by atoms with Gasteiger partial charge in [-0.1, -0.05) is 42.5 Å². The Balaban J connectivity index is 1.27. The van der Waals surface area contributed by atoms with Crippen molar-refractivity contribution >= 4 is 56.3 Å². The summed E-state index contributed by atoms with van der Waals surface area (Å²) in [6, 6.07) is 28.0. The van der Waals surface area contributed by atoms with E-state index in [2.05, 4.69) is 27.9 Å². The molecular weight excluding hydrogens is 771 g/mol. The maximum Gasteiger partial charge on any atom is 0.408 e. The molecule has 0 spiro atoms. The molecule has 1 N–H and O–H groups in total. The second-order valence-corrected chi connectivity index (χ2v) is 15.0. The topological polar surface area (TPSA) is 126 Å². The highest BCUT2D eigenvalue weighted by Gasteiger charge is 2.34. The van der Waals surface area contributed by atoms with Crippen LogP contribution in [0.3, 0.4) is 0 Å². The fraction of sp³-hybridized carbons (Fsp3) is 0.270. The van der Waals surface area contributed by atoms with Gasteiger partial charge < -0.3 is 28.9 Å². The maximum atomic E-state index is 14.0. The van der Waals surface area contributed by atoms with E-state index in [9.17, 15) is 22.8 Å². The summed E-state index contributed by atoms with van der Waals surface area (Å²) in [7, 11) is -0.177. The largest absolute Gasteiger partial charge is 0.445 e. The van der Waals surface area contributed by atoms with E-state index in [1.165, 1.54) is 24.3 Å². The minimum Gasteiger partial charge on any atom is -0.445 e. The number of ether oxygens (including phenoxy) is 1.